The molecule has 1 aliphatic heterocycles. The predicted octanol–water partition coefficient (Wildman–Crippen LogP) is 3.00. The molecule has 5 heteroatoms. The van der Waals surface area contributed by atoms with Gasteiger partial charge in [0.15, 0.2) is 0 Å². The first-order chi connectivity index (χ1) is 11.6. The van der Waals surface area contributed by atoms with E-state index in [-0.39, 0.29) is 18.2 Å². The molecule has 124 valence electrons. The van der Waals surface area contributed by atoms with E-state index in [9.17, 15) is 14.0 Å². The molecule has 0 aromatic heterocycles. The largest absolute Gasteiger partial charge is 0.356 e. The summed E-state index contributed by atoms with van der Waals surface area (Å²) in [4.78, 5) is 24.2. The normalized spacial score (nSPS) is 16.2. The van der Waals surface area contributed by atoms with Crippen LogP contribution in [0.25, 0.3) is 0 Å². The lowest BCUT2D eigenvalue weighted by atomic mass is 9.89. The van der Waals surface area contributed by atoms with E-state index < -0.39 is 11.7 Å². The number of rotatable bonds is 5. The smallest absolute Gasteiger partial charge is 0.228 e. The lowest BCUT2D eigenvalue weighted by molar-refractivity contribution is -0.126. The van der Waals surface area contributed by atoms with Crippen LogP contribution in [0.4, 0.5) is 10.1 Å². The Labute approximate surface area is 140 Å². The number of amides is 2. The maximum absolute atomic E-state index is 13.3. The molecule has 0 radical (unpaired) electrons. The summed E-state index contributed by atoms with van der Waals surface area (Å²) in [6, 6.07) is 14.2. The standard InChI is InChI=1S/C19H19FN2O2/c20-14-8-9-15-16(12-18(23)22-17(15)11-14)19(24)21-10-4-7-13-5-2-1-3-6-13/h1-3,5-6,8-9,11,16H,4,7,10,12H2,(H,21,24)(H,22,23)/t16-/m0/s1. The Balaban J connectivity index is 1.58. The van der Waals surface area contributed by atoms with Gasteiger partial charge in [-0.2, -0.15) is 0 Å². The van der Waals surface area contributed by atoms with Gasteiger partial charge in [-0.1, -0.05) is 36.4 Å². The van der Waals surface area contributed by atoms with Crippen LogP contribution >= 0.6 is 0 Å². The summed E-state index contributed by atoms with van der Waals surface area (Å²) in [7, 11) is 0. The van der Waals surface area contributed by atoms with Crippen LogP contribution in [0.2, 0.25) is 0 Å². The van der Waals surface area contributed by atoms with Gasteiger partial charge in [-0.05, 0) is 36.1 Å². The minimum atomic E-state index is -0.564. The Morgan fingerprint density at radius 2 is 2.00 bits per heavy atom. The number of carbonyl (C=O) groups is 2. The van der Waals surface area contributed by atoms with Gasteiger partial charge in [-0.25, -0.2) is 4.39 Å². The quantitative estimate of drug-likeness (QED) is 0.830. The Kier molecular flexibility index (Phi) is 4.89. The van der Waals surface area contributed by atoms with Gasteiger partial charge in [-0.3, -0.25) is 9.59 Å². The molecule has 1 aliphatic rings. The number of anilines is 1. The number of aryl methyl sites for hydroxylation is 1. The Hall–Kier alpha value is -2.69. The molecule has 2 amide bonds. The number of benzene rings is 2. The van der Waals surface area contributed by atoms with Crippen LogP contribution in [0, 0.1) is 5.82 Å². The first kappa shape index (κ1) is 16.2. The number of hydrogen-bond donors (Lipinski definition) is 2. The minimum absolute atomic E-state index is 0.0865. The number of nitrogens with one attached hydrogen (secondary N) is 2. The van der Waals surface area contributed by atoms with E-state index in [2.05, 4.69) is 22.8 Å². The van der Waals surface area contributed by atoms with Gasteiger partial charge >= 0.3 is 0 Å². The highest BCUT2D eigenvalue weighted by Gasteiger charge is 2.30. The number of hydrogen-bond acceptors (Lipinski definition) is 2. The van der Waals surface area contributed by atoms with Gasteiger partial charge in [-0.15, -0.1) is 0 Å². The molecule has 1 atom stereocenters. The third kappa shape index (κ3) is 3.79. The SMILES string of the molecule is O=C1C[C@H](C(=O)NCCCc2ccccc2)c2ccc(F)cc2N1. The lowest BCUT2D eigenvalue weighted by Crippen LogP contribution is -2.35. The molecule has 0 aliphatic carbocycles. The second-order valence-corrected chi connectivity index (χ2v) is 5.92. The van der Waals surface area contributed by atoms with E-state index in [1.807, 2.05) is 18.2 Å². The zero-order valence-electron chi connectivity index (χ0n) is 13.2. The van der Waals surface area contributed by atoms with Crippen molar-refractivity contribution in [1.82, 2.24) is 5.32 Å². The average molecular weight is 326 g/mol. The van der Waals surface area contributed by atoms with Crippen LogP contribution in [0.5, 0.6) is 0 Å². The van der Waals surface area contributed by atoms with Crippen molar-refractivity contribution in [2.45, 2.75) is 25.2 Å². The summed E-state index contributed by atoms with van der Waals surface area (Å²) in [5.41, 5.74) is 2.27. The van der Waals surface area contributed by atoms with Crippen LogP contribution < -0.4 is 10.6 Å². The van der Waals surface area contributed by atoms with Gasteiger partial charge in [0.05, 0.1) is 5.92 Å². The molecule has 0 unspecified atom stereocenters. The van der Waals surface area contributed by atoms with Crippen molar-refractivity contribution in [3.05, 3.63) is 65.5 Å². The summed E-state index contributed by atoms with van der Waals surface area (Å²) >= 11 is 0. The second kappa shape index (κ2) is 7.25. The molecule has 1 heterocycles. The van der Waals surface area contributed by atoms with Gasteiger partial charge < -0.3 is 10.6 Å². The molecule has 4 nitrogen and oxygen atoms in total. The maximum Gasteiger partial charge on any atom is 0.228 e. The summed E-state index contributed by atoms with van der Waals surface area (Å²) < 4.78 is 13.3. The van der Waals surface area contributed by atoms with Crippen LogP contribution in [-0.4, -0.2) is 18.4 Å². The van der Waals surface area contributed by atoms with Crippen molar-refractivity contribution in [2.24, 2.45) is 0 Å². The molecule has 0 saturated carbocycles. The van der Waals surface area contributed by atoms with E-state index in [4.69, 9.17) is 0 Å². The van der Waals surface area contributed by atoms with Crippen LogP contribution in [0.3, 0.4) is 0 Å². The molecule has 2 aromatic rings. The van der Waals surface area contributed by atoms with E-state index in [0.717, 1.165) is 12.8 Å². The van der Waals surface area contributed by atoms with Crippen molar-refractivity contribution in [1.29, 1.82) is 0 Å². The third-order valence-electron chi connectivity index (χ3n) is 4.16. The van der Waals surface area contributed by atoms with E-state index in [1.165, 1.54) is 17.7 Å². The fourth-order valence-electron chi connectivity index (χ4n) is 2.94. The molecule has 0 fully saturated rings. The highest BCUT2D eigenvalue weighted by Crippen LogP contribution is 2.32. The number of halogens is 1. The van der Waals surface area contributed by atoms with Crippen LogP contribution in [-0.2, 0) is 16.0 Å². The van der Waals surface area contributed by atoms with Gasteiger partial charge in [0.2, 0.25) is 11.8 Å². The zero-order chi connectivity index (χ0) is 16.9. The molecular weight excluding hydrogens is 307 g/mol. The summed E-state index contributed by atoms with van der Waals surface area (Å²) in [6.45, 7) is 0.544. The highest BCUT2D eigenvalue weighted by atomic mass is 19.1. The van der Waals surface area contributed by atoms with Crippen molar-refractivity contribution in [2.75, 3.05) is 11.9 Å². The van der Waals surface area contributed by atoms with E-state index in [0.29, 0.717) is 17.8 Å². The molecule has 24 heavy (non-hydrogen) atoms. The summed E-state index contributed by atoms with van der Waals surface area (Å²) in [6.07, 6.45) is 1.79. The van der Waals surface area contributed by atoms with Crippen molar-refractivity contribution >= 4 is 17.5 Å². The van der Waals surface area contributed by atoms with E-state index in [1.54, 1.807) is 6.07 Å². The van der Waals surface area contributed by atoms with Crippen molar-refractivity contribution in [3.8, 4) is 0 Å². The molecule has 2 aromatic carbocycles. The molecular formula is C19H19FN2O2. The number of carbonyl (C=O) groups excluding carboxylic acids is 2. The topological polar surface area (TPSA) is 58.2 Å². The first-order valence-electron chi connectivity index (χ1n) is 8.04. The molecule has 2 N–H and O–H groups in total. The molecule has 0 spiro atoms. The average Bonchev–Trinajstić information content (AvgIpc) is 2.58. The van der Waals surface area contributed by atoms with Crippen LogP contribution in [0.15, 0.2) is 48.5 Å². The van der Waals surface area contributed by atoms with Crippen molar-refractivity contribution < 1.29 is 14.0 Å². The molecule has 0 bridgehead atoms. The minimum Gasteiger partial charge on any atom is -0.356 e. The number of fused-ring (bicyclic) bond motifs is 1. The van der Waals surface area contributed by atoms with Gasteiger partial charge in [0, 0.05) is 18.7 Å². The van der Waals surface area contributed by atoms with Crippen molar-refractivity contribution in [3.63, 3.8) is 0 Å². The van der Waals surface area contributed by atoms with Gasteiger partial charge in [0.1, 0.15) is 5.82 Å². The predicted molar refractivity (Wildman–Crippen MR) is 90.2 cm³/mol. The molecule has 3 rings (SSSR count). The Bertz CT molecular complexity index is 746. The fourth-order valence-corrected chi connectivity index (χ4v) is 2.94. The maximum atomic E-state index is 13.3. The van der Waals surface area contributed by atoms with E-state index >= 15 is 0 Å². The van der Waals surface area contributed by atoms with Crippen LogP contribution in [0.1, 0.15) is 29.9 Å². The fraction of sp³-hybridized carbons (Fsp3) is 0.263. The third-order valence-corrected chi connectivity index (χ3v) is 4.16. The zero-order valence-corrected chi connectivity index (χ0v) is 13.2. The first-order valence-corrected chi connectivity index (χ1v) is 8.04. The summed E-state index contributed by atoms with van der Waals surface area (Å²) in [5.74, 6) is -1.45. The lowest BCUT2D eigenvalue weighted by Gasteiger charge is -2.24. The van der Waals surface area contributed by atoms with Gasteiger partial charge in [0.25, 0.3) is 0 Å². The Morgan fingerprint density at radius 3 is 2.79 bits per heavy atom. The Morgan fingerprint density at radius 1 is 1.21 bits per heavy atom. The molecule has 0 saturated heterocycles. The monoisotopic (exact) mass is 326 g/mol. The highest BCUT2D eigenvalue weighted by molar-refractivity contribution is 6.01. The second-order valence-electron chi connectivity index (χ2n) is 5.92. The summed E-state index contributed by atoms with van der Waals surface area (Å²) in [5, 5.41) is 5.50.